The Labute approximate surface area is 120 Å². The van der Waals surface area contributed by atoms with Crippen molar-refractivity contribution in [2.75, 3.05) is 0 Å². The average Bonchev–Trinajstić information content (AvgIpc) is 2.91. The van der Waals surface area contributed by atoms with Crippen LogP contribution >= 0.6 is 0 Å². The smallest absolute Gasteiger partial charge is 0.261 e. The fraction of sp³-hybridized carbons (Fsp3) is 0.357. The SMILES string of the molecule is CC(C)(C)c1nc(Cn2ccc3ncncc3c2=O)no1. The molecular weight excluding hydrogens is 270 g/mol. The van der Waals surface area contributed by atoms with Gasteiger partial charge in [-0.3, -0.25) is 4.79 Å². The van der Waals surface area contributed by atoms with E-state index >= 15 is 0 Å². The van der Waals surface area contributed by atoms with Gasteiger partial charge in [0, 0.05) is 17.8 Å². The molecule has 21 heavy (non-hydrogen) atoms. The molecule has 0 aliphatic rings. The number of aromatic nitrogens is 5. The Kier molecular flexibility index (Phi) is 3.04. The lowest BCUT2D eigenvalue weighted by Crippen LogP contribution is -2.21. The van der Waals surface area contributed by atoms with Gasteiger partial charge in [0.2, 0.25) is 5.89 Å². The number of hydrogen-bond donors (Lipinski definition) is 0. The van der Waals surface area contributed by atoms with Crippen LogP contribution in [0.2, 0.25) is 0 Å². The van der Waals surface area contributed by atoms with Crippen LogP contribution in [0.5, 0.6) is 0 Å². The van der Waals surface area contributed by atoms with Crippen LogP contribution in [0, 0.1) is 0 Å². The Balaban J connectivity index is 1.97. The van der Waals surface area contributed by atoms with E-state index in [1.807, 2.05) is 20.8 Å². The first-order valence-electron chi connectivity index (χ1n) is 6.57. The Morgan fingerprint density at radius 2 is 2.14 bits per heavy atom. The van der Waals surface area contributed by atoms with E-state index in [9.17, 15) is 4.79 Å². The normalized spacial score (nSPS) is 12.0. The molecule has 0 atom stereocenters. The van der Waals surface area contributed by atoms with E-state index in [0.717, 1.165) is 0 Å². The molecule has 3 rings (SSSR count). The minimum atomic E-state index is -0.215. The van der Waals surface area contributed by atoms with Crippen molar-refractivity contribution in [2.45, 2.75) is 32.7 Å². The number of fused-ring (bicyclic) bond motifs is 1. The lowest BCUT2D eigenvalue weighted by atomic mass is 9.97. The van der Waals surface area contributed by atoms with E-state index in [-0.39, 0.29) is 17.5 Å². The zero-order chi connectivity index (χ0) is 15.0. The molecule has 108 valence electrons. The minimum Gasteiger partial charge on any atom is -0.339 e. The summed E-state index contributed by atoms with van der Waals surface area (Å²) in [6.45, 7) is 6.22. The maximum atomic E-state index is 12.3. The lowest BCUT2D eigenvalue weighted by molar-refractivity contribution is 0.318. The molecule has 3 aromatic rings. The van der Waals surface area contributed by atoms with Crippen LogP contribution in [0.1, 0.15) is 32.5 Å². The van der Waals surface area contributed by atoms with Gasteiger partial charge in [-0.1, -0.05) is 25.9 Å². The Morgan fingerprint density at radius 3 is 2.86 bits per heavy atom. The molecule has 0 aliphatic heterocycles. The molecule has 0 radical (unpaired) electrons. The van der Waals surface area contributed by atoms with Gasteiger partial charge in [-0.2, -0.15) is 4.98 Å². The number of rotatable bonds is 2. The van der Waals surface area contributed by atoms with Crippen molar-refractivity contribution in [2.24, 2.45) is 0 Å². The van der Waals surface area contributed by atoms with Crippen molar-refractivity contribution in [3.63, 3.8) is 0 Å². The van der Waals surface area contributed by atoms with Gasteiger partial charge in [-0.05, 0) is 6.07 Å². The summed E-state index contributed by atoms with van der Waals surface area (Å²) >= 11 is 0. The second-order valence-electron chi connectivity index (χ2n) is 5.84. The molecule has 7 nitrogen and oxygen atoms in total. The molecule has 0 N–H and O–H groups in total. The third kappa shape index (κ3) is 2.54. The first-order valence-corrected chi connectivity index (χ1v) is 6.57. The van der Waals surface area contributed by atoms with Gasteiger partial charge in [-0.15, -0.1) is 0 Å². The molecule has 7 heteroatoms. The van der Waals surface area contributed by atoms with Crippen LogP contribution in [0.15, 0.2) is 34.1 Å². The maximum Gasteiger partial charge on any atom is 0.261 e. The molecule has 0 aromatic carbocycles. The highest BCUT2D eigenvalue weighted by molar-refractivity contribution is 5.75. The summed E-state index contributed by atoms with van der Waals surface area (Å²) in [6.07, 6.45) is 4.60. The molecule has 3 aromatic heterocycles. The fourth-order valence-corrected chi connectivity index (χ4v) is 1.92. The van der Waals surface area contributed by atoms with Gasteiger partial charge in [0.15, 0.2) is 5.82 Å². The topological polar surface area (TPSA) is 86.7 Å². The van der Waals surface area contributed by atoms with Crippen LogP contribution in [0.3, 0.4) is 0 Å². The monoisotopic (exact) mass is 285 g/mol. The Bertz CT molecular complexity index is 844. The predicted octanol–water partition coefficient (Wildman–Crippen LogP) is 1.52. The highest BCUT2D eigenvalue weighted by atomic mass is 16.5. The molecule has 0 aliphatic carbocycles. The summed E-state index contributed by atoms with van der Waals surface area (Å²) in [7, 11) is 0. The van der Waals surface area contributed by atoms with E-state index in [1.54, 1.807) is 12.3 Å². The third-order valence-corrected chi connectivity index (χ3v) is 3.07. The van der Waals surface area contributed by atoms with Gasteiger partial charge in [-0.25, -0.2) is 9.97 Å². The molecule has 0 amide bonds. The number of nitrogens with zero attached hydrogens (tertiary/aromatic N) is 5. The van der Waals surface area contributed by atoms with Crippen molar-refractivity contribution < 1.29 is 4.52 Å². The molecule has 0 bridgehead atoms. The van der Waals surface area contributed by atoms with E-state index in [2.05, 4.69) is 20.1 Å². The summed E-state index contributed by atoms with van der Waals surface area (Å²) in [5.74, 6) is 1.02. The molecule has 3 heterocycles. The van der Waals surface area contributed by atoms with Crippen LogP contribution < -0.4 is 5.56 Å². The zero-order valence-electron chi connectivity index (χ0n) is 12.1. The average molecular weight is 285 g/mol. The van der Waals surface area contributed by atoms with Gasteiger partial charge < -0.3 is 9.09 Å². The van der Waals surface area contributed by atoms with Gasteiger partial charge in [0.05, 0.1) is 17.4 Å². The van der Waals surface area contributed by atoms with Crippen LogP contribution in [-0.4, -0.2) is 24.7 Å². The number of hydrogen-bond acceptors (Lipinski definition) is 6. The summed E-state index contributed by atoms with van der Waals surface area (Å²) in [6, 6.07) is 1.77. The molecule has 0 unspecified atom stereocenters. The molecule has 0 spiro atoms. The Morgan fingerprint density at radius 1 is 1.33 bits per heavy atom. The Hall–Kier alpha value is -2.57. The summed E-state index contributed by atoms with van der Waals surface area (Å²) in [4.78, 5) is 24.6. The van der Waals surface area contributed by atoms with Crippen molar-refractivity contribution in [1.82, 2.24) is 24.7 Å². The zero-order valence-corrected chi connectivity index (χ0v) is 12.1. The van der Waals surface area contributed by atoms with Crippen LogP contribution in [0.4, 0.5) is 0 Å². The van der Waals surface area contributed by atoms with Crippen LogP contribution in [-0.2, 0) is 12.0 Å². The molecular formula is C14H15N5O2. The summed E-state index contributed by atoms with van der Waals surface area (Å²) in [5.41, 5.74) is 0.234. The summed E-state index contributed by atoms with van der Waals surface area (Å²) in [5, 5.41) is 4.39. The first-order chi connectivity index (χ1) is 9.95. The second-order valence-corrected chi connectivity index (χ2v) is 5.84. The quantitative estimate of drug-likeness (QED) is 0.709. The first kappa shape index (κ1) is 13.4. The molecule has 0 fully saturated rings. The molecule has 0 saturated carbocycles. The third-order valence-electron chi connectivity index (χ3n) is 3.07. The van der Waals surface area contributed by atoms with Crippen LogP contribution in [0.25, 0.3) is 10.9 Å². The number of pyridine rings is 1. The minimum absolute atomic E-state index is 0.171. The van der Waals surface area contributed by atoms with Crippen molar-refractivity contribution in [3.8, 4) is 0 Å². The van der Waals surface area contributed by atoms with Gasteiger partial charge in [0.1, 0.15) is 6.33 Å². The van der Waals surface area contributed by atoms with E-state index < -0.39 is 0 Å². The van der Waals surface area contributed by atoms with Gasteiger partial charge in [0.25, 0.3) is 5.56 Å². The van der Waals surface area contributed by atoms with Crippen molar-refractivity contribution >= 4 is 10.9 Å². The van der Waals surface area contributed by atoms with Crippen molar-refractivity contribution in [3.05, 3.63) is 46.9 Å². The van der Waals surface area contributed by atoms with E-state index in [4.69, 9.17) is 4.52 Å². The molecule has 0 saturated heterocycles. The second kappa shape index (κ2) is 4.76. The van der Waals surface area contributed by atoms with E-state index in [1.165, 1.54) is 17.1 Å². The van der Waals surface area contributed by atoms with Gasteiger partial charge >= 0.3 is 0 Å². The largest absolute Gasteiger partial charge is 0.339 e. The fourth-order valence-electron chi connectivity index (χ4n) is 1.92. The lowest BCUT2D eigenvalue weighted by Gasteiger charge is -2.10. The highest BCUT2D eigenvalue weighted by Crippen LogP contribution is 2.19. The predicted molar refractivity (Wildman–Crippen MR) is 75.9 cm³/mol. The summed E-state index contributed by atoms with van der Waals surface area (Å²) < 4.78 is 6.74. The van der Waals surface area contributed by atoms with E-state index in [0.29, 0.717) is 22.6 Å². The maximum absolute atomic E-state index is 12.3. The highest BCUT2D eigenvalue weighted by Gasteiger charge is 2.21. The van der Waals surface area contributed by atoms with Crippen molar-refractivity contribution in [1.29, 1.82) is 0 Å². The standard InChI is InChI=1S/C14H15N5O2/c1-14(2,3)13-17-11(18-21-13)7-19-5-4-10-9(12(19)20)6-15-8-16-10/h4-6,8H,7H2,1-3H3.